The van der Waals surface area contributed by atoms with E-state index >= 15 is 0 Å². The summed E-state index contributed by atoms with van der Waals surface area (Å²) < 4.78 is 19.2. The molecule has 0 aromatic heterocycles. The number of nitrogens with zero attached hydrogens (tertiary/aromatic N) is 1. The molecule has 1 aliphatic rings. The molecule has 2 aromatic carbocycles. The van der Waals surface area contributed by atoms with Gasteiger partial charge < -0.3 is 20.3 Å². The number of fused-ring (bicyclic) bond motifs is 1. The lowest BCUT2D eigenvalue weighted by atomic mass is 10.1. The maximum Gasteiger partial charge on any atom is 0.263 e. The van der Waals surface area contributed by atoms with E-state index < -0.39 is 11.9 Å². The Bertz CT molecular complexity index is 886. The molecular weight excluding hydrogens is 385 g/mol. The monoisotopic (exact) mass is 413 g/mol. The molecule has 1 atom stereocenters. The van der Waals surface area contributed by atoms with Crippen LogP contribution in [-0.2, 0) is 9.59 Å². The number of carbonyl (C=O) groups is 2. The number of hydrogen-bond acceptors (Lipinski definition) is 4. The van der Waals surface area contributed by atoms with Crippen LogP contribution in [0.3, 0.4) is 0 Å². The van der Waals surface area contributed by atoms with E-state index in [4.69, 9.17) is 4.74 Å². The van der Waals surface area contributed by atoms with Gasteiger partial charge in [-0.05, 0) is 43.2 Å². The van der Waals surface area contributed by atoms with Crippen molar-refractivity contribution in [2.75, 3.05) is 23.3 Å². The quantitative estimate of drug-likeness (QED) is 0.692. The Hall–Kier alpha value is -3.09. The highest BCUT2D eigenvalue weighted by molar-refractivity contribution is 5.91. The van der Waals surface area contributed by atoms with Crippen molar-refractivity contribution in [1.82, 2.24) is 5.32 Å². The Kier molecular flexibility index (Phi) is 7.27. The summed E-state index contributed by atoms with van der Waals surface area (Å²) in [5, 5.41) is 5.74. The zero-order valence-corrected chi connectivity index (χ0v) is 17.4. The van der Waals surface area contributed by atoms with Crippen molar-refractivity contribution >= 4 is 23.2 Å². The van der Waals surface area contributed by atoms with Crippen molar-refractivity contribution in [2.24, 2.45) is 0 Å². The zero-order valence-electron chi connectivity index (χ0n) is 17.4. The summed E-state index contributed by atoms with van der Waals surface area (Å²) in [4.78, 5) is 27.0. The predicted molar refractivity (Wildman–Crippen MR) is 115 cm³/mol. The summed E-state index contributed by atoms with van der Waals surface area (Å²) in [6.07, 6.45) is 1.27. The number of hydrogen-bond donors (Lipinski definition) is 2. The number of amides is 2. The van der Waals surface area contributed by atoms with Crippen LogP contribution >= 0.6 is 0 Å². The summed E-state index contributed by atoms with van der Waals surface area (Å²) >= 11 is 0. The van der Waals surface area contributed by atoms with E-state index in [1.54, 1.807) is 12.1 Å². The molecule has 160 valence electrons. The van der Waals surface area contributed by atoms with Crippen LogP contribution in [0.2, 0.25) is 0 Å². The van der Waals surface area contributed by atoms with Gasteiger partial charge in [-0.15, -0.1) is 0 Å². The van der Waals surface area contributed by atoms with Crippen molar-refractivity contribution in [3.05, 3.63) is 54.3 Å². The van der Waals surface area contributed by atoms with Gasteiger partial charge in [-0.25, -0.2) is 4.39 Å². The number of rotatable bonds is 8. The number of ether oxygens (including phenoxy) is 1. The van der Waals surface area contributed by atoms with Crippen molar-refractivity contribution < 1.29 is 18.7 Å². The number of para-hydroxylation sites is 2. The lowest BCUT2D eigenvalue weighted by Gasteiger charge is -2.36. The third-order valence-corrected chi connectivity index (χ3v) is 5.20. The maximum atomic E-state index is 13.3. The molecule has 0 aliphatic carbocycles. The first kappa shape index (κ1) is 21.6. The van der Waals surface area contributed by atoms with E-state index in [-0.39, 0.29) is 24.3 Å². The molecule has 3 rings (SSSR count). The van der Waals surface area contributed by atoms with Gasteiger partial charge in [0.25, 0.3) is 5.91 Å². The highest BCUT2D eigenvalue weighted by Crippen LogP contribution is 2.33. The van der Waals surface area contributed by atoms with Gasteiger partial charge in [-0.1, -0.05) is 32.0 Å². The van der Waals surface area contributed by atoms with Crippen molar-refractivity contribution in [3.8, 4) is 5.75 Å². The van der Waals surface area contributed by atoms with Crippen LogP contribution in [-0.4, -0.2) is 37.0 Å². The second kappa shape index (κ2) is 10.1. The van der Waals surface area contributed by atoms with Crippen molar-refractivity contribution in [3.63, 3.8) is 0 Å². The number of carbonyl (C=O) groups excluding carboxylic acids is 2. The minimum atomic E-state index is -0.646. The zero-order chi connectivity index (χ0) is 21.5. The Labute approximate surface area is 176 Å². The lowest BCUT2D eigenvalue weighted by Crippen LogP contribution is -2.51. The Morgan fingerprint density at radius 2 is 1.93 bits per heavy atom. The van der Waals surface area contributed by atoms with Crippen molar-refractivity contribution in [1.29, 1.82) is 0 Å². The predicted octanol–water partition coefficient (Wildman–Crippen LogP) is 3.73. The highest BCUT2D eigenvalue weighted by Gasteiger charge is 2.31. The van der Waals surface area contributed by atoms with E-state index in [0.29, 0.717) is 24.5 Å². The summed E-state index contributed by atoms with van der Waals surface area (Å²) in [7, 11) is 0. The molecule has 2 aromatic rings. The van der Waals surface area contributed by atoms with Crippen LogP contribution in [0.15, 0.2) is 48.5 Å². The standard InChI is InChI=1S/C23H28FN3O3/c1-3-17(4-2)26-23(29)21-15-27(19-10-5-6-11-20(19)30-21)13-12-22(28)25-18-9-7-8-16(24)14-18/h5-11,14,17,21H,3-4,12-13,15H2,1-2H3,(H,25,28)(H,26,29). The number of benzene rings is 2. The van der Waals surface area contributed by atoms with Gasteiger partial charge in [0.05, 0.1) is 12.2 Å². The minimum Gasteiger partial charge on any atom is -0.477 e. The molecule has 0 radical (unpaired) electrons. The van der Waals surface area contributed by atoms with Crippen molar-refractivity contribution in [2.45, 2.75) is 45.3 Å². The van der Waals surface area contributed by atoms with E-state index in [1.165, 1.54) is 12.1 Å². The molecular formula is C23H28FN3O3. The molecule has 0 saturated carbocycles. The Morgan fingerprint density at radius 3 is 2.67 bits per heavy atom. The molecule has 6 nitrogen and oxygen atoms in total. The molecule has 1 aliphatic heterocycles. The fraction of sp³-hybridized carbons (Fsp3) is 0.391. The van der Waals surface area contributed by atoms with E-state index in [0.717, 1.165) is 18.5 Å². The number of nitrogens with one attached hydrogen (secondary N) is 2. The van der Waals surface area contributed by atoms with Gasteiger partial charge in [-0.2, -0.15) is 0 Å². The third kappa shape index (κ3) is 5.49. The van der Waals surface area contributed by atoms with Crippen LogP contribution in [0, 0.1) is 5.82 Å². The number of halogens is 1. The normalized spacial score (nSPS) is 15.3. The first-order valence-electron chi connectivity index (χ1n) is 10.4. The van der Waals surface area contributed by atoms with Crippen LogP contribution < -0.4 is 20.3 Å². The van der Waals surface area contributed by atoms with Gasteiger partial charge in [-0.3, -0.25) is 9.59 Å². The van der Waals surface area contributed by atoms with Gasteiger partial charge >= 0.3 is 0 Å². The van der Waals surface area contributed by atoms with Crippen LogP contribution in [0.1, 0.15) is 33.1 Å². The highest BCUT2D eigenvalue weighted by atomic mass is 19.1. The minimum absolute atomic E-state index is 0.115. The average Bonchev–Trinajstić information content (AvgIpc) is 2.75. The summed E-state index contributed by atoms with van der Waals surface area (Å²) in [5.74, 6) is -0.143. The van der Waals surface area contributed by atoms with Crippen LogP contribution in [0.4, 0.5) is 15.8 Å². The molecule has 0 bridgehead atoms. The maximum absolute atomic E-state index is 13.3. The molecule has 0 fully saturated rings. The first-order valence-corrected chi connectivity index (χ1v) is 10.4. The van der Waals surface area contributed by atoms with Crippen LogP contribution in [0.5, 0.6) is 5.75 Å². The fourth-order valence-electron chi connectivity index (χ4n) is 3.47. The van der Waals surface area contributed by atoms with E-state index in [1.807, 2.05) is 43.0 Å². The molecule has 0 spiro atoms. The van der Waals surface area contributed by atoms with E-state index in [2.05, 4.69) is 10.6 Å². The molecule has 2 N–H and O–H groups in total. The second-order valence-electron chi connectivity index (χ2n) is 7.35. The molecule has 7 heteroatoms. The largest absolute Gasteiger partial charge is 0.477 e. The molecule has 30 heavy (non-hydrogen) atoms. The molecule has 0 saturated heterocycles. The Morgan fingerprint density at radius 1 is 1.17 bits per heavy atom. The first-order chi connectivity index (χ1) is 14.5. The summed E-state index contributed by atoms with van der Waals surface area (Å²) in [6.45, 7) is 4.84. The molecule has 1 unspecified atom stereocenters. The number of anilines is 2. The lowest BCUT2D eigenvalue weighted by molar-refractivity contribution is -0.128. The summed E-state index contributed by atoms with van der Waals surface area (Å²) in [6, 6.07) is 13.4. The topological polar surface area (TPSA) is 70.7 Å². The summed E-state index contributed by atoms with van der Waals surface area (Å²) in [5.41, 5.74) is 1.27. The average molecular weight is 413 g/mol. The van der Waals surface area contributed by atoms with Gasteiger partial charge in [0.2, 0.25) is 5.91 Å². The fourth-order valence-corrected chi connectivity index (χ4v) is 3.47. The molecule has 1 heterocycles. The van der Waals surface area contributed by atoms with Gasteiger partial charge in [0.15, 0.2) is 6.10 Å². The third-order valence-electron chi connectivity index (χ3n) is 5.20. The van der Waals surface area contributed by atoms with Gasteiger partial charge in [0, 0.05) is 24.7 Å². The Balaban J connectivity index is 1.65. The SMILES string of the molecule is CCC(CC)NC(=O)C1CN(CCC(=O)Nc2cccc(F)c2)c2ccccc2O1. The van der Waals surface area contributed by atoms with E-state index in [9.17, 15) is 14.0 Å². The van der Waals surface area contributed by atoms with Crippen LogP contribution in [0.25, 0.3) is 0 Å². The molecule has 2 amide bonds. The second-order valence-corrected chi connectivity index (χ2v) is 7.35. The smallest absolute Gasteiger partial charge is 0.263 e. The van der Waals surface area contributed by atoms with Gasteiger partial charge in [0.1, 0.15) is 11.6 Å².